The molecule has 0 amide bonds. The molecular weight excluding hydrogens is 438 g/mol. The molecule has 0 spiro atoms. The predicted octanol–water partition coefficient (Wildman–Crippen LogP) is 5.98. The molecule has 160 valence electrons. The van der Waals surface area contributed by atoms with Crippen LogP contribution >= 0.6 is 11.8 Å². The van der Waals surface area contributed by atoms with E-state index in [4.69, 9.17) is 0 Å². The third kappa shape index (κ3) is 4.90. The fraction of sp³-hybridized carbons (Fsp3) is 0.0400. The van der Waals surface area contributed by atoms with Crippen LogP contribution in [0.2, 0.25) is 0 Å². The first-order chi connectivity index (χ1) is 15.5. The topological polar surface area (TPSA) is 72.0 Å². The molecule has 1 N–H and O–H groups in total. The first-order valence-corrected chi connectivity index (χ1v) is 12.2. The summed E-state index contributed by atoms with van der Waals surface area (Å²) in [4.78, 5) is 8.67. The summed E-state index contributed by atoms with van der Waals surface area (Å²) in [6.45, 7) is 7.15. The van der Waals surface area contributed by atoms with E-state index in [1.54, 1.807) is 24.7 Å². The van der Waals surface area contributed by atoms with E-state index in [0.717, 1.165) is 51.3 Å². The Morgan fingerprint density at radius 3 is 2.59 bits per heavy atom. The lowest BCUT2D eigenvalue weighted by Gasteiger charge is -2.13. The number of nitrogens with one attached hydrogen (secondary N) is 1. The number of pyridine rings is 2. The Hall–Kier alpha value is -3.42. The average Bonchev–Trinajstić information content (AvgIpc) is 2.79. The highest BCUT2D eigenvalue weighted by Gasteiger charge is 2.16. The molecule has 0 aliphatic rings. The molecule has 0 atom stereocenters. The summed E-state index contributed by atoms with van der Waals surface area (Å²) in [5, 5.41) is 2.46. The Morgan fingerprint density at radius 1 is 1.00 bits per heavy atom. The van der Waals surface area contributed by atoms with Gasteiger partial charge in [0.2, 0.25) is 0 Å². The molecule has 7 heteroatoms. The van der Waals surface area contributed by atoms with Crippen molar-refractivity contribution in [1.82, 2.24) is 9.97 Å². The molecular formula is C25H21N3O2S2. The third-order valence-corrected chi connectivity index (χ3v) is 7.34. The van der Waals surface area contributed by atoms with Gasteiger partial charge in [0.1, 0.15) is 4.24 Å². The molecule has 0 radical (unpaired) electrons. The average molecular weight is 460 g/mol. The van der Waals surface area contributed by atoms with Gasteiger partial charge in [0.15, 0.2) is 0 Å². The molecule has 0 aliphatic carbocycles. The molecule has 0 bridgehead atoms. The van der Waals surface area contributed by atoms with E-state index in [1.807, 2.05) is 42.5 Å². The Labute approximate surface area is 192 Å². The van der Waals surface area contributed by atoms with Crippen LogP contribution in [0.25, 0.3) is 22.0 Å². The summed E-state index contributed by atoms with van der Waals surface area (Å²) in [5.41, 5.74) is 5.41. The second-order valence-corrected chi connectivity index (χ2v) is 10.1. The molecule has 0 fully saturated rings. The molecule has 4 rings (SSSR count). The lowest BCUT2D eigenvalue weighted by atomic mass is 9.96. The summed E-state index contributed by atoms with van der Waals surface area (Å²) in [6.07, 6.45) is 6.09. The molecule has 2 heterocycles. The van der Waals surface area contributed by atoms with Gasteiger partial charge in [0.05, 0.1) is 5.52 Å². The fourth-order valence-electron chi connectivity index (χ4n) is 3.43. The summed E-state index contributed by atoms with van der Waals surface area (Å²) in [6, 6.07) is 19.5. The first kappa shape index (κ1) is 21.8. The summed E-state index contributed by atoms with van der Waals surface area (Å²) in [5.74, 6) is 0. The number of nitrogens with zero attached hydrogens (tertiary/aromatic N) is 2. The molecule has 0 saturated carbocycles. The summed E-state index contributed by atoms with van der Waals surface area (Å²) < 4.78 is 27.6. The molecule has 4 aromatic rings. The third-order valence-electron chi connectivity index (χ3n) is 4.86. The molecule has 2 aromatic heterocycles. The van der Waals surface area contributed by atoms with E-state index >= 15 is 0 Å². The maximum atomic E-state index is 12.5. The van der Waals surface area contributed by atoms with E-state index in [0.29, 0.717) is 5.69 Å². The minimum atomic E-state index is -3.74. The molecule has 0 aliphatic heterocycles. The highest BCUT2D eigenvalue weighted by atomic mass is 32.3. The van der Waals surface area contributed by atoms with Crippen LogP contribution in [0.1, 0.15) is 11.1 Å². The van der Waals surface area contributed by atoms with Gasteiger partial charge in [-0.2, -0.15) is 0 Å². The Kier molecular flexibility index (Phi) is 6.39. The van der Waals surface area contributed by atoms with Crippen LogP contribution in [-0.4, -0.2) is 18.4 Å². The van der Waals surface area contributed by atoms with Crippen LogP contribution in [0.4, 0.5) is 5.69 Å². The van der Waals surface area contributed by atoms with Gasteiger partial charge in [-0.15, -0.1) is 0 Å². The number of fused-ring (bicyclic) bond motifs is 1. The maximum Gasteiger partial charge on any atom is 0.267 e. The van der Waals surface area contributed by atoms with Crippen molar-refractivity contribution in [3.8, 4) is 11.1 Å². The van der Waals surface area contributed by atoms with Gasteiger partial charge in [0, 0.05) is 35.2 Å². The lowest BCUT2D eigenvalue weighted by molar-refractivity contribution is 0.609. The smallest absolute Gasteiger partial charge is 0.267 e. The normalized spacial score (nSPS) is 11.2. The Morgan fingerprint density at radius 2 is 1.81 bits per heavy atom. The highest BCUT2D eigenvalue weighted by Crippen LogP contribution is 2.32. The number of anilines is 1. The van der Waals surface area contributed by atoms with Crippen LogP contribution in [0, 0.1) is 0 Å². The van der Waals surface area contributed by atoms with Crippen molar-refractivity contribution in [3.05, 3.63) is 113 Å². The van der Waals surface area contributed by atoms with Crippen molar-refractivity contribution >= 4 is 38.4 Å². The first-order valence-electron chi connectivity index (χ1n) is 9.82. The number of hydrogen-bond donors (Lipinski definition) is 1. The summed E-state index contributed by atoms with van der Waals surface area (Å²) in [7, 11) is -3.74. The number of aromatic nitrogens is 2. The van der Waals surface area contributed by atoms with E-state index in [1.165, 1.54) is 5.41 Å². The molecule has 0 unspecified atom stereocenters. The van der Waals surface area contributed by atoms with E-state index in [2.05, 4.69) is 40.0 Å². The second-order valence-electron chi connectivity index (χ2n) is 7.09. The summed E-state index contributed by atoms with van der Waals surface area (Å²) >= 11 is 0.967. The van der Waals surface area contributed by atoms with Gasteiger partial charge in [-0.25, -0.2) is 8.42 Å². The standard InChI is InChI=1S/C25H21N3O2S2/c1-3-31-18(2)32(29,30)28-23-8-4-6-21(17-23)24-16-20(14-19-9-12-26-13-10-19)15-22-7-5-11-27-25(22)24/h3-13,15-17,28H,1-2,14H2. The van der Waals surface area contributed by atoms with Gasteiger partial charge >= 0.3 is 0 Å². The Balaban J connectivity index is 1.75. The van der Waals surface area contributed by atoms with Crippen molar-refractivity contribution in [2.24, 2.45) is 0 Å². The van der Waals surface area contributed by atoms with Crippen molar-refractivity contribution in [2.75, 3.05) is 4.72 Å². The van der Waals surface area contributed by atoms with Crippen molar-refractivity contribution in [3.63, 3.8) is 0 Å². The van der Waals surface area contributed by atoms with Crippen LogP contribution < -0.4 is 4.72 Å². The number of benzene rings is 2. The van der Waals surface area contributed by atoms with Gasteiger partial charge in [0.25, 0.3) is 10.0 Å². The van der Waals surface area contributed by atoms with E-state index in [-0.39, 0.29) is 4.24 Å². The lowest BCUT2D eigenvalue weighted by Crippen LogP contribution is -2.12. The molecule has 5 nitrogen and oxygen atoms in total. The van der Waals surface area contributed by atoms with Gasteiger partial charge in [-0.1, -0.05) is 43.1 Å². The fourth-order valence-corrected chi connectivity index (χ4v) is 5.00. The van der Waals surface area contributed by atoms with Gasteiger partial charge in [-0.05, 0) is 71.0 Å². The molecule has 0 saturated heterocycles. The minimum Gasteiger partial charge on any atom is -0.279 e. The monoisotopic (exact) mass is 459 g/mol. The van der Waals surface area contributed by atoms with Gasteiger partial charge in [-0.3, -0.25) is 14.7 Å². The van der Waals surface area contributed by atoms with Crippen LogP contribution in [0.5, 0.6) is 0 Å². The Bertz CT molecular complexity index is 1400. The number of thioether (sulfide) groups is 1. The number of rotatable bonds is 8. The zero-order valence-corrected chi connectivity index (χ0v) is 18.9. The van der Waals surface area contributed by atoms with E-state index in [9.17, 15) is 8.42 Å². The zero-order valence-electron chi connectivity index (χ0n) is 17.2. The van der Waals surface area contributed by atoms with Gasteiger partial charge < -0.3 is 0 Å². The molecule has 32 heavy (non-hydrogen) atoms. The predicted molar refractivity (Wildman–Crippen MR) is 134 cm³/mol. The SMILES string of the molecule is C=CSC(=C)S(=O)(=O)Nc1cccc(-c2cc(Cc3ccncc3)cc3cccnc23)c1. The maximum absolute atomic E-state index is 12.5. The van der Waals surface area contributed by atoms with Crippen molar-refractivity contribution in [1.29, 1.82) is 0 Å². The molecule has 2 aromatic carbocycles. The number of sulfonamides is 1. The quantitative estimate of drug-likeness (QED) is 0.351. The van der Waals surface area contributed by atoms with Crippen LogP contribution in [-0.2, 0) is 16.4 Å². The minimum absolute atomic E-state index is 0.00984. The van der Waals surface area contributed by atoms with E-state index < -0.39 is 10.0 Å². The van der Waals surface area contributed by atoms with Crippen molar-refractivity contribution in [2.45, 2.75) is 6.42 Å². The zero-order chi connectivity index (χ0) is 22.6. The highest BCUT2D eigenvalue weighted by molar-refractivity contribution is 8.20. The van der Waals surface area contributed by atoms with Crippen LogP contribution in [0.15, 0.2) is 102 Å². The van der Waals surface area contributed by atoms with Crippen LogP contribution in [0.3, 0.4) is 0 Å². The van der Waals surface area contributed by atoms with Crippen molar-refractivity contribution < 1.29 is 8.42 Å². The largest absolute Gasteiger partial charge is 0.279 e. The second kappa shape index (κ2) is 9.38. The number of hydrogen-bond acceptors (Lipinski definition) is 5.